The van der Waals surface area contributed by atoms with Crippen molar-refractivity contribution in [3.05, 3.63) is 63.7 Å². The number of hydrazone groups is 1. The first kappa shape index (κ1) is 29.0. The Morgan fingerprint density at radius 1 is 0.854 bits per heavy atom. The van der Waals surface area contributed by atoms with Crippen molar-refractivity contribution in [2.24, 2.45) is 22.9 Å². The van der Waals surface area contributed by atoms with Crippen LogP contribution in [-0.2, 0) is 4.79 Å². The topological polar surface area (TPSA) is 96.1 Å². The summed E-state index contributed by atoms with van der Waals surface area (Å²) in [5.41, 5.74) is 2.66. The highest BCUT2D eigenvalue weighted by molar-refractivity contribution is 6.11. The van der Waals surface area contributed by atoms with E-state index >= 15 is 0 Å². The average Bonchev–Trinajstić information content (AvgIpc) is 3.15. The molecular weight excluding hydrogens is 516 g/mol. The number of carbonyl (C=O) groups is 2. The van der Waals surface area contributed by atoms with Crippen molar-refractivity contribution in [1.29, 1.82) is 0 Å². The van der Waals surface area contributed by atoms with Gasteiger partial charge in [-0.1, -0.05) is 89.2 Å². The van der Waals surface area contributed by atoms with Crippen LogP contribution in [0, 0.1) is 34.8 Å². The number of anilines is 2. The van der Waals surface area contributed by atoms with Crippen LogP contribution >= 0.6 is 0 Å². The number of urea groups is 1. The van der Waals surface area contributed by atoms with Crippen molar-refractivity contribution in [2.75, 3.05) is 4.90 Å². The molecule has 0 radical (unpaired) electrons. The van der Waals surface area contributed by atoms with Crippen LogP contribution in [0.15, 0.2) is 47.6 Å². The van der Waals surface area contributed by atoms with Gasteiger partial charge in [0.1, 0.15) is 0 Å². The van der Waals surface area contributed by atoms with Gasteiger partial charge in [0.15, 0.2) is 0 Å². The second kappa shape index (κ2) is 13.4. The summed E-state index contributed by atoms with van der Waals surface area (Å²) in [7, 11) is 0. The zero-order valence-corrected chi connectivity index (χ0v) is 24.2. The van der Waals surface area contributed by atoms with Crippen molar-refractivity contribution >= 4 is 35.2 Å². The number of aryl methyl sites for hydroxylation is 1. The number of nitrogens with zero attached hydrogens (tertiary/aromatic N) is 4. The van der Waals surface area contributed by atoms with E-state index in [0.29, 0.717) is 28.8 Å². The van der Waals surface area contributed by atoms with Crippen LogP contribution in [-0.4, -0.2) is 28.1 Å². The number of fused-ring (bicyclic) bond motifs is 1. The maximum absolute atomic E-state index is 14.3. The van der Waals surface area contributed by atoms with E-state index in [1.165, 1.54) is 74.8 Å². The van der Waals surface area contributed by atoms with E-state index in [9.17, 15) is 19.7 Å². The number of rotatable bonds is 4. The molecular formula is C33H42N4O4. The number of non-ortho nitro benzene ring substituents is 1. The van der Waals surface area contributed by atoms with Crippen molar-refractivity contribution in [1.82, 2.24) is 5.01 Å². The average molecular weight is 559 g/mol. The second-order valence-corrected chi connectivity index (χ2v) is 12.1. The molecule has 2 aromatic rings. The Kier molecular flexibility index (Phi) is 9.47. The molecule has 41 heavy (non-hydrogen) atoms. The Bertz CT molecular complexity index is 1270. The fraction of sp³-hybridized carbons (Fsp3) is 0.545. The first-order valence-corrected chi connectivity index (χ1v) is 15.5. The lowest BCUT2D eigenvalue weighted by Crippen LogP contribution is -2.44. The predicted octanol–water partition coefficient (Wildman–Crippen LogP) is 8.67. The first-order valence-electron chi connectivity index (χ1n) is 15.5. The molecule has 0 spiro atoms. The summed E-state index contributed by atoms with van der Waals surface area (Å²) in [4.78, 5) is 40.8. The van der Waals surface area contributed by atoms with E-state index in [1.54, 1.807) is 18.3 Å². The largest absolute Gasteiger partial charge is 0.356 e. The maximum Gasteiger partial charge on any atom is 0.356 e. The van der Waals surface area contributed by atoms with Gasteiger partial charge in [0, 0.05) is 23.6 Å². The molecule has 2 unspecified atom stereocenters. The minimum Gasteiger partial charge on any atom is -0.272 e. The number of carbonyl (C=O) groups excluding carboxylic acids is 2. The van der Waals surface area contributed by atoms with Gasteiger partial charge < -0.3 is 0 Å². The molecule has 8 heteroatoms. The fourth-order valence-corrected chi connectivity index (χ4v) is 6.98. The zero-order valence-electron chi connectivity index (χ0n) is 24.2. The Hall–Kier alpha value is -3.55. The van der Waals surface area contributed by atoms with Gasteiger partial charge in [-0.3, -0.25) is 19.8 Å². The monoisotopic (exact) mass is 558 g/mol. The molecule has 0 aromatic heterocycles. The smallest absolute Gasteiger partial charge is 0.272 e. The van der Waals surface area contributed by atoms with Gasteiger partial charge in [-0.05, 0) is 55.4 Å². The van der Waals surface area contributed by atoms with Crippen molar-refractivity contribution in [3.8, 4) is 0 Å². The second-order valence-electron chi connectivity index (χ2n) is 12.1. The highest BCUT2D eigenvalue weighted by Gasteiger charge is 2.37. The molecule has 5 rings (SSSR count). The summed E-state index contributed by atoms with van der Waals surface area (Å²) < 4.78 is 0. The summed E-state index contributed by atoms with van der Waals surface area (Å²) >= 11 is 0. The molecule has 8 nitrogen and oxygen atoms in total. The SMILES string of the molecule is Cc1ccc2c(c1)N(c1ccc([N+](=O)[O-])cc1)C(=O)N(C(=O)C1CCCCCCCCC(C3CCCCC3)C1)N=C2. The van der Waals surface area contributed by atoms with E-state index in [4.69, 9.17) is 0 Å². The van der Waals surface area contributed by atoms with E-state index in [1.807, 2.05) is 25.1 Å². The highest BCUT2D eigenvalue weighted by Crippen LogP contribution is 2.39. The van der Waals surface area contributed by atoms with Crippen molar-refractivity contribution < 1.29 is 14.5 Å². The normalized spacial score (nSPS) is 22.9. The lowest BCUT2D eigenvalue weighted by Gasteiger charge is -2.34. The summed E-state index contributed by atoms with van der Waals surface area (Å²) in [5.74, 6) is 0.663. The molecule has 2 aliphatic carbocycles. The zero-order chi connectivity index (χ0) is 28.8. The van der Waals surface area contributed by atoms with Gasteiger partial charge in [-0.25, -0.2) is 4.79 Å². The van der Waals surface area contributed by atoms with E-state index in [0.717, 1.165) is 42.7 Å². The number of amides is 3. The quantitative estimate of drug-likeness (QED) is 0.277. The molecule has 0 bridgehead atoms. The van der Waals surface area contributed by atoms with Gasteiger partial charge in [0.05, 0.1) is 22.5 Å². The molecule has 1 heterocycles. The molecule has 218 valence electrons. The third-order valence-corrected chi connectivity index (χ3v) is 9.27. The number of benzene rings is 2. The minimum atomic E-state index is -0.548. The van der Waals surface area contributed by atoms with Crippen LogP contribution < -0.4 is 4.90 Å². The standard InChI is InChI=1S/C33H42N4O4/c1-24-15-16-28-23-34-36(33(39)35(31(28)21-24)29-17-19-30(20-18-29)37(40)41)32(38)27-14-8-5-3-2-4-7-13-26(22-27)25-11-9-6-10-12-25/h15-21,23,25-27H,2-14,22H2,1H3. The molecule has 2 saturated carbocycles. The number of hydrogen-bond donors (Lipinski definition) is 0. The molecule has 2 aromatic carbocycles. The van der Waals surface area contributed by atoms with Crippen LogP contribution in [0.4, 0.5) is 21.9 Å². The summed E-state index contributed by atoms with van der Waals surface area (Å²) in [6, 6.07) is 11.1. The van der Waals surface area contributed by atoms with E-state index < -0.39 is 11.0 Å². The maximum atomic E-state index is 14.3. The number of nitro benzene ring substituents is 1. The van der Waals surface area contributed by atoms with Crippen molar-refractivity contribution in [2.45, 2.75) is 96.8 Å². The molecule has 2 atom stereocenters. The summed E-state index contributed by atoms with van der Waals surface area (Å²) in [5, 5.41) is 16.8. The highest BCUT2D eigenvalue weighted by atomic mass is 16.6. The third kappa shape index (κ3) is 6.85. The summed E-state index contributed by atoms with van der Waals surface area (Å²) in [6.07, 6.45) is 17.7. The minimum absolute atomic E-state index is 0.0594. The van der Waals surface area contributed by atoms with Crippen LogP contribution in [0.3, 0.4) is 0 Å². The molecule has 3 amide bonds. The predicted molar refractivity (Wildman–Crippen MR) is 161 cm³/mol. The van der Waals surface area contributed by atoms with Crippen LogP contribution in [0.5, 0.6) is 0 Å². The summed E-state index contributed by atoms with van der Waals surface area (Å²) in [6.45, 7) is 1.94. The lowest BCUT2D eigenvalue weighted by molar-refractivity contribution is -0.384. The van der Waals surface area contributed by atoms with Crippen LogP contribution in [0.1, 0.15) is 101 Å². The number of imide groups is 1. The molecule has 0 saturated heterocycles. The Morgan fingerprint density at radius 2 is 1.46 bits per heavy atom. The van der Waals surface area contributed by atoms with E-state index in [2.05, 4.69) is 5.10 Å². The Labute approximate surface area is 242 Å². The van der Waals surface area contributed by atoms with E-state index in [-0.39, 0.29) is 17.5 Å². The van der Waals surface area contributed by atoms with Gasteiger partial charge in [-0.2, -0.15) is 5.10 Å². The molecule has 0 N–H and O–H groups in total. The van der Waals surface area contributed by atoms with Crippen molar-refractivity contribution in [3.63, 3.8) is 0 Å². The Morgan fingerprint density at radius 3 is 2.15 bits per heavy atom. The number of nitro groups is 1. The van der Waals surface area contributed by atoms with Gasteiger partial charge in [-0.15, -0.1) is 5.01 Å². The first-order chi connectivity index (χ1) is 19.9. The molecule has 2 fully saturated rings. The van der Waals surface area contributed by atoms with Gasteiger partial charge >= 0.3 is 6.03 Å². The third-order valence-electron chi connectivity index (χ3n) is 9.27. The lowest BCUT2D eigenvalue weighted by atomic mass is 9.73. The fourth-order valence-electron chi connectivity index (χ4n) is 6.98. The number of hydrogen-bond acceptors (Lipinski definition) is 5. The Balaban J connectivity index is 1.47. The van der Waals surface area contributed by atoms with Crippen LogP contribution in [0.2, 0.25) is 0 Å². The van der Waals surface area contributed by atoms with Crippen LogP contribution in [0.25, 0.3) is 0 Å². The molecule has 1 aliphatic heterocycles. The van der Waals surface area contributed by atoms with Gasteiger partial charge in [0.2, 0.25) is 0 Å². The molecule has 3 aliphatic rings. The van der Waals surface area contributed by atoms with Gasteiger partial charge in [0.25, 0.3) is 11.6 Å².